The highest BCUT2D eigenvalue weighted by atomic mass is 32.2. The Balaban J connectivity index is 1.77. The quantitative estimate of drug-likeness (QED) is 0.738. The molecule has 2 aliphatic heterocycles. The minimum atomic E-state index is -0.544. The smallest absolute Gasteiger partial charge is 0.0700 e. The molecule has 2 unspecified atom stereocenters. The molecule has 0 aromatic rings. The molecule has 0 aromatic carbocycles. The molecule has 14 heavy (non-hydrogen) atoms. The Morgan fingerprint density at radius 2 is 2.00 bits per heavy atom. The third kappa shape index (κ3) is 2.55. The van der Waals surface area contributed by atoms with Gasteiger partial charge in [-0.25, -0.2) is 0 Å². The van der Waals surface area contributed by atoms with E-state index in [9.17, 15) is 4.21 Å². The third-order valence-corrected chi connectivity index (χ3v) is 4.60. The summed E-state index contributed by atoms with van der Waals surface area (Å²) >= 11 is 0. The molecule has 2 fully saturated rings. The predicted molar refractivity (Wildman–Crippen MR) is 57.9 cm³/mol. The van der Waals surface area contributed by atoms with E-state index < -0.39 is 10.8 Å². The number of rotatable bonds is 2. The molecule has 0 aliphatic carbocycles. The van der Waals surface area contributed by atoms with Gasteiger partial charge in [-0.2, -0.15) is 0 Å². The fraction of sp³-hybridized carbons (Fsp3) is 1.00. The van der Waals surface area contributed by atoms with Crippen molar-refractivity contribution in [2.75, 3.05) is 18.1 Å². The van der Waals surface area contributed by atoms with Crippen LogP contribution in [0.1, 0.15) is 26.2 Å². The molecule has 0 spiro atoms. The Morgan fingerprint density at radius 3 is 2.57 bits per heavy atom. The average Bonchev–Trinajstić information content (AvgIpc) is 2.56. The van der Waals surface area contributed by atoms with Crippen molar-refractivity contribution in [1.29, 1.82) is 0 Å². The molecule has 1 N–H and O–H groups in total. The van der Waals surface area contributed by atoms with Gasteiger partial charge in [-0.1, -0.05) is 0 Å². The predicted octanol–water partition coefficient (Wildman–Crippen LogP) is 0.664. The van der Waals surface area contributed by atoms with Crippen LogP contribution >= 0.6 is 0 Å². The Bertz CT molecular complexity index is 212. The lowest BCUT2D eigenvalue weighted by atomic mass is 10.1. The molecule has 2 aliphatic rings. The van der Waals surface area contributed by atoms with E-state index >= 15 is 0 Å². The van der Waals surface area contributed by atoms with Gasteiger partial charge in [0.25, 0.3) is 0 Å². The zero-order chi connectivity index (χ0) is 9.97. The summed E-state index contributed by atoms with van der Waals surface area (Å²) in [7, 11) is -0.544. The van der Waals surface area contributed by atoms with Crippen molar-refractivity contribution in [1.82, 2.24) is 5.32 Å². The molecule has 0 aromatic heterocycles. The van der Waals surface area contributed by atoms with Gasteiger partial charge in [-0.05, 0) is 26.2 Å². The van der Waals surface area contributed by atoms with Crippen LogP contribution in [0.25, 0.3) is 0 Å². The highest BCUT2D eigenvalue weighted by Crippen LogP contribution is 2.16. The van der Waals surface area contributed by atoms with Gasteiger partial charge in [0.1, 0.15) is 0 Å². The monoisotopic (exact) mass is 217 g/mol. The number of nitrogens with one attached hydrogen (secondary N) is 1. The summed E-state index contributed by atoms with van der Waals surface area (Å²) in [5.41, 5.74) is 0. The zero-order valence-corrected chi connectivity index (χ0v) is 9.52. The van der Waals surface area contributed by atoms with Crippen molar-refractivity contribution in [3.63, 3.8) is 0 Å². The maximum Gasteiger partial charge on any atom is 0.0700 e. The van der Waals surface area contributed by atoms with E-state index in [2.05, 4.69) is 12.2 Å². The van der Waals surface area contributed by atoms with Crippen LogP contribution in [0.4, 0.5) is 0 Å². The minimum Gasteiger partial charge on any atom is -0.377 e. The Morgan fingerprint density at radius 1 is 1.29 bits per heavy atom. The van der Waals surface area contributed by atoms with Crippen LogP contribution in [0.3, 0.4) is 0 Å². The van der Waals surface area contributed by atoms with E-state index in [0.717, 1.165) is 37.4 Å². The maximum absolute atomic E-state index is 11.2. The fourth-order valence-corrected chi connectivity index (χ4v) is 3.51. The van der Waals surface area contributed by atoms with E-state index in [0.29, 0.717) is 18.2 Å². The van der Waals surface area contributed by atoms with Crippen LogP contribution in [0.5, 0.6) is 0 Å². The Labute approximate surface area is 88.0 Å². The summed E-state index contributed by atoms with van der Waals surface area (Å²) in [6.45, 7) is 3.02. The molecule has 2 heterocycles. The summed E-state index contributed by atoms with van der Waals surface area (Å²) in [5, 5.41) is 3.63. The minimum absolute atomic E-state index is 0.349. The van der Waals surface area contributed by atoms with E-state index in [-0.39, 0.29) is 0 Å². The number of ether oxygens (including phenoxy) is 1. The normalized spacial score (nSPS) is 44.1. The average molecular weight is 217 g/mol. The van der Waals surface area contributed by atoms with Gasteiger partial charge in [-0.3, -0.25) is 4.21 Å². The van der Waals surface area contributed by atoms with Crippen LogP contribution in [-0.4, -0.2) is 40.5 Å². The van der Waals surface area contributed by atoms with Crippen LogP contribution < -0.4 is 5.32 Å². The molecular formula is C10H19NO2S. The SMILES string of the molecule is CC1OCCC1NC1CCS(=O)CC1. The van der Waals surface area contributed by atoms with Crippen molar-refractivity contribution in [3.8, 4) is 0 Å². The molecule has 82 valence electrons. The summed E-state index contributed by atoms with van der Waals surface area (Å²) in [4.78, 5) is 0. The Kier molecular flexibility index (Phi) is 3.57. The van der Waals surface area contributed by atoms with Gasteiger partial charge < -0.3 is 10.1 Å². The lowest BCUT2D eigenvalue weighted by Gasteiger charge is -2.27. The zero-order valence-electron chi connectivity index (χ0n) is 8.70. The van der Waals surface area contributed by atoms with Gasteiger partial charge in [0, 0.05) is 41.0 Å². The van der Waals surface area contributed by atoms with Crippen LogP contribution in [-0.2, 0) is 15.5 Å². The highest BCUT2D eigenvalue weighted by Gasteiger charge is 2.27. The van der Waals surface area contributed by atoms with E-state index in [1.807, 2.05) is 0 Å². The molecule has 0 bridgehead atoms. The standard InChI is InChI=1S/C10H19NO2S/c1-8-10(2-5-13-8)11-9-3-6-14(12)7-4-9/h8-11H,2-7H2,1H3. The van der Waals surface area contributed by atoms with Crippen molar-refractivity contribution >= 4 is 10.8 Å². The van der Waals surface area contributed by atoms with Crippen LogP contribution in [0, 0.1) is 0 Å². The fourth-order valence-electron chi connectivity index (χ4n) is 2.21. The maximum atomic E-state index is 11.2. The second-order valence-corrected chi connectivity index (χ2v) is 5.96. The molecule has 2 saturated heterocycles. The summed E-state index contributed by atoms with van der Waals surface area (Å²) in [5.74, 6) is 1.75. The summed E-state index contributed by atoms with van der Waals surface area (Å²) < 4.78 is 16.7. The Hall–Kier alpha value is 0.0700. The van der Waals surface area contributed by atoms with E-state index in [1.54, 1.807) is 0 Å². The molecule has 0 saturated carbocycles. The van der Waals surface area contributed by atoms with Crippen LogP contribution in [0.2, 0.25) is 0 Å². The first kappa shape index (κ1) is 10.6. The second kappa shape index (κ2) is 4.73. The van der Waals surface area contributed by atoms with Gasteiger partial charge in [0.15, 0.2) is 0 Å². The van der Waals surface area contributed by atoms with Gasteiger partial charge >= 0.3 is 0 Å². The molecular weight excluding hydrogens is 198 g/mol. The molecule has 2 atom stereocenters. The summed E-state index contributed by atoms with van der Waals surface area (Å²) in [6, 6.07) is 1.09. The first-order valence-electron chi connectivity index (χ1n) is 5.48. The highest BCUT2D eigenvalue weighted by molar-refractivity contribution is 7.85. The first-order chi connectivity index (χ1) is 6.75. The van der Waals surface area contributed by atoms with Gasteiger partial charge in [-0.15, -0.1) is 0 Å². The number of hydrogen-bond donors (Lipinski definition) is 1. The van der Waals surface area contributed by atoms with Crippen molar-refractivity contribution in [3.05, 3.63) is 0 Å². The lowest BCUT2D eigenvalue weighted by Crippen LogP contribution is -2.44. The second-order valence-electron chi connectivity index (χ2n) is 4.26. The molecule has 3 nitrogen and oxygen atoms in total. The lowest BCUT2D eigenvalue weighted by molar-refractivity contribution is 0.110. The largest absolute Gasteiger partial charge is 0.377 e. The molecule has 0 amide bonds. The molecule has 0 radical (unpaired) electrons. The van der Waals surface area contributed by atoms with Crippen LogP contribution in [0.15, 0.2) is 0 Å². The summed E-state index contributed by atoms with van der Waals surface area (Å²) in [6.07, 6.45) is 3.61. The third-order valence-electron chi connectivity index (χ3n) is 3.21. The first-order valence-corrected chi connectivity index (χ1v) is 6.97. The molecule has 4 heteroatoms. The van der Waals surface area contributed by atoms with E-state index in [1.165, 1.54) is 0 Å². The van der Waals surface area contributed by atoms with E-state index in [4.69, 9.17) is 4.74 Å². The van der Waals surface area contributed by atoms with Gasteiger partial charge in [0.05, 0.1) is 6.10 Å². The topological polar surface area (TPSA) is 38.3 Å². The molecule has 2 rings (SSSR count). The number of hydrogen-bond acceptors (Lipinski definition) is 3. The van der Waals surface area contributed by atoms with Gasteiger partial charge in [0.2, 0.25) is 0 Å². The van der Waals surface area contributed by atoms with Crippen molar-refractivity contribution in [2.24, 2.45) is 0 Å². The van der Waals surface area contributed by atoms with Crippen molar-refractivity contribution < 1.29 is 8.95 Å². The van der Waals surface area contributed by atoms with Crippen molar-refractivity contribution in [2.45, 2.75) is 44.4 Å².